The summed E-state index contributed by atoms with van der Waals surface area (Å²) < 4.78 is 16.6. The van der Waals surface area contributed by atoms with Gasteiger partial charge in [-0.3, -0.25) is 4.57 Å². The van der Waals surface area contributed by atoms with Crippen LogP contribution in [0.4, 0.5) is 5.69 Å². The van der Waals surface area contributed by atoms with E-state index in [2.05, 4.69) is 10.1 Å². The Morgan fingerprint density at radius 3 is 2.67 bits per heavy atom. The van der Waals surface area contributed by atoms with Gasteiger partial charge < -0.3 is 25.4 Å². The Morgan fingerprint density at radius 1 is 1.38 bits per heavy atom. The first-order chi connectivity index (χ1) is 9.94. The van der Waals surface area contributed by atoms with E-state index in [1.165, 1.54) is 19.2 Å². The summed E-state index contributed by atoms with van der Waals surface area (Å²) in [6.07, 6.45) is 5.45. The number of ether oxygens (including phenoxy) is 1. The molecule has 7 nitrogen and oxygen atoms in total. The second-order valence-electron chi connectivity index (χ2n) is 4.34. The summed E-state index contributed by atoms with van der Waals surface area (Å²) in [5.74, 6) is 0.363. The highest BCUT2D eigenvalue weighted by atomic mass is 31.2. The summed E-state index contributed by atoms with van der Waals surface area (Å²) in [6, 6.07) is 4.45. The number of hydrogen-bond acceptors (Lipinski definition) is 3. The highest BCUT2D eigenvalue weighted by molar-refractivity contribution is 7.60. The number of anilines is 1. The molecule has 0 fully saturated rings. The molecule has 110 valence electrons. The lowest BCUT2D eigenvalue weighted by molar-refractivity contribution is -0.00540. The molecule has 1 aromatic carbocycles. The zero-order chi connectivity index (χ0) is 15.5. The normalized spacial score (nSPS) is 14.4. The largest absolute Gasteiger partial charge is 0.497 e. The fourth-order valence-corrected chi connectivity index (χ4v) is 2.58. The summed E-state index contributed by atoms with van der Waals surface area (Å²) in [7, 11) is -3.01. The Hall–Kier alpha value is -2.17. The Kier molecular flexibility index (Phi) is 4.40. The van der Waals surface area contributed by atoms with E-state index in [1.807, 2.05) is 0 Å². The van der Waals surface area contributed by atoms with Crippen molar-refractivity contribution in [1.29, 1.82) is 0 Å². The first-order valence-electron chi connectivity index (χ1n) is 6.04. The number of nitrogens with one attached hydrogen (secondary N) is 1. The van der Waals surface area contributed by atoms with Gasteiger partial charge in [0.25, 0.3) is 5.71 Å². The Balaban J connectivity index is 2.33. The zero-order valence-corrected chi connectivity index (χ0v) is 12.1. The van der Waals surface area contributed by atoms with Crippen molar-refractivity contribution in [3.8, 4) is 5.75 Å². The van der Waals surface area contributed by atoms with E-state index in [1.54, 1.807) is 24.3 Å². The van der Waals surface area contributed by atoms with E-state index in [0.29, 0.717) is 29.3 Å². The van der Waals surface area contributed by atoms with Crippen molar-refractivity contribution in [2.45, 2.75) is 6.42 Å². The van der Waals surface area contributed by atoms with Crippen LogP contribution in [0.3, 0.4) is 0 Å². The van der Waals surface area contributed by atoms with Gasteiger partial charge in [0.05, 0.1) is 24.5 Å². The molecule has 0 aliphatic heterocycles. The molecule has 8 heteroatoms. The molecular weight excluding hydrogens is 293 g/mol. The molecule has 1 aliphatic carbocycles. The van der Waals surface area contributed by atoms with Gasteiger partial charge >= 0.3 is 7.60 Å². The maximum absolute atomic E-state index is 11.6. The maximum atomic E-state index is 11.6. The van der Waals surface area contributed by atoms with E-state index < -0.39 is 7.60 Å². The molecule has 21 heavy (non-hydrogen) atoms. The molecule has 0 saturated carbocycles. The van der Waals surface area contributed by atoms with Crippen LogP contribution in [0.15, 0.2) is 42.1 Å². The number of allylic oxidation sites excluding steroid dienone is 3. The molecule has 0 atom stereocenters. The third-order valence-corrected chi connectivity index (χ3v) is 3.91. The molecule has 0 saturated heterocycles. The van der Waals surface area contributed by atoms with Gasteiger partial charge in [-0.05, 0) is 30.4 Å². The lowest BCUT2D eigenvalue weighted by atomic mass is 10.1. The quantitative estimate of drug-likeness (QED) is 0.442. The van der Waals surface area contributed by atoms with Gasteiger partial charge in [0, 0.05) is 11.8 Å². The number of nitrogens with zero attached hydrogens (tertiary/aromatic N) is 2. The molecule has 0 heterocycles. The molecule has 2 rings (SSSR count). The first kappa shape index (κ1) is 15.2. The zero-order valence-electron chi connectivity index (χ0n) is 11.2. The Morgan fingerprint density at radius 2 is 2.14 bits per heavy atom. The van der Waals surface area contributed by atoms with E-state index in [4.69, 9.17) is 10.3 Å². The SMILES string of the molecule is COc1ccc(NC2=CCC(=[N+]=[N-])C=C2)c(P(=O)(O)O)c1. The van der Waals surface area contributed by atoms with Crippen molar-refractivity contribution in [3.63, 3.8) is 0 Å². The molecular formula is C13H14N3O4P. The number of methoxy groups -OCH3 is 1. The molecule has 3 N–H and O–H groups in total. The van der Waals surface area contributed by atoms with E-state index >= 15 is 0 Å². The average Bonchev–Trinajstić information content (AvgIpc) is 2.47. The third-order valence-electron chi connectivity index (χ3n) is 2.91. The molecule has 0 unspecified atom stereocenters. The lowest BCUT2D eigenvalue weighted by Gasteiger charge is -2.15. The molecule has 0 aromatic heterocycles. The van der Waals surface area contributed by atoms with Gasteiger partial charge in [-0.15, -0.1) is 0 Å². The molecule has 1 aliphatic rings. The van der Waals surface area contributed by atoms with Crippen LogP contribution in [-0.4, -0.2) is 27.4 Å². The molecule has 0 amide bonds. The van der Waals surface area contributed by atoms with Gasteiger partial charge in [0.2, 0.25) is 0 Å². The van der Waals surface area contributed by atoms with E-state index in [9.17, 15) is 14.4 Å². The van der Waals surface area contributed by atoms with Crippen LogP contribution in [-0.2, 0) is 4.57 Å². The number of hydrogen-bond donors (Lipinski definition) is 3. The van der Waals surface area contributed by atoms with Crippen molar-refractivity contribution >= 4 is 24.3 Å². The van der Waals surface area contributed by atoms with Gasteiger partial charge in [-0.2, -0.15) is 4.79 Å². The van der Waals surface area contributed by atoms with Crippen molar-refractivity contribution in [1.82, 2.24) is 0 Å². The van der Waals surface area contributed by atoms with Gasteiger partial charge in [0.15, 0.2) is 0 Å². The van der Waals surface area contributed by atoms with Crippen molar-refractivity contribution in [3.05, 3.63) is 47.7 Å². The summed E-state index contributed by atoms with van der Waals surface area (Å²) in [6.45, 7) is 0. The smallest absolute Gasteiger partial charge is 0.358 e. The van der Waals surface area contributed by atoms with Crippen molar-refractivity contribution in [2.75, 3.05) is 12.4 Å². The van der Waals surface area contributed by atoms with E-state index in [0.717, 1.165) is 0 Å². The summed E-state index contributed by atoms with van der Waals surface area (Å²) >= 11 is 0. The first-order valence-corrected chi connectivity index (χ1v) is 7.65. The monoisotopic (exact) mass is 307 g/mol. The van der Waals surface area contributed by atoms with Crippen LogP contribution >= 0.6 is 7.60 Å². The second kappa shape index (κ2) is 6.08. The third kappa shape index (κ3) is 3.68. The van der Waals surface area contributed by atoms with Crippen LogP contribution in [0.1, 0.15) is 6.42 Å². The standard InChI is InChI=1S/C13H14N3O4P/c1-20-11-6-7-12(13(8-11)21(17,18)19)15-9-2-4-10(16-14)5-3-9/h2-4,6-8,15H,5H2,1H3,(H2,17,18,19). The predicted octanol–water partition coefficient (Wildman–Crippen LogP) is 1.42. The van der Waals surface area contributed by atoms with Crippen molar-refractivity contribution < 1.29 is 23.9 Å². The Bertz CT molecular complexity index is 714. The lowest BCUT2D eigenvalue weighted by Crippen LogP contribution is -2.14. The van der Waals surface area contributed by atoms with Crippen LogP contribution in [0.2, 0.25) is 0 Å². The summed E-state index contributed by atoms with van der Waals surface area (Å²) in [5.41, 5.74) is 10.1. The molecule has 0 bridgehead atoms. The topological polar surface area (TPSA) is 115 Å². The van der Waals surface area contributed by atoms with Crippen LogP contribution in [0.25, 0.3) is 5.53 Å². The van der Waals surface area contributed by atoms with Crippen LogP contribution in [0.5, 0.6) is 5.75 Å². The van der Waals surface area contributed by atoms with Gasteiger partial charge in [0.1, 0.15) is 5.75 Å². The fourth-order valence-electron chi connectivity index (χ4n) is 1.84. The minimum Gasteiger partial charge on any atom is -0.497 e. The Labute approximate surface area is 121 Å². The summed E-state index contributed by atoms with van der Waals surface area (Å²) in [5, 5.41) is 2.80. The average molecular weight is 307 g/mol. The highest BCUT2D eigenvalue weighted by Crippen LogP contribution is 2.38. The summed E-state index contributed by atoms with van der Waals surface area (Å²) in [4.78, 5) is 21.9. The number of rotatable bonds is 4. The molecule has 0 radical (unpaired) electrons. The maximum Gasteiger partial charge on any atom is 0.358 e. The van der Waals surface area contributed by atoms with Crippen molar-refractivity contribution in [2.24, 2.45) is 0 Å². The molecule has 0 spiro atoms. The van der Waals surface area contributed by atoms with E-state index in [-0.39, 0.29) is 5.30 Å². The highest BCUT2D eigenvalue weighted by Gasteiger charge is 2.23. The van der Waals surface area contributed by atoms with Gasteiger partial charge in [-0.1, -0.05) is 0 Å². The molecule has 1 aromatic rings. The van der Waals surface area contributed by atoms with Crippen LogP contribution < -0.4 is 15.4 Å². The van der Waals surface area contributed by atoms with Gasteiger partial charge in [-0.25, -0.2) is 0 Å². The number of benzene rings is 1. The predicted molar refractivity (Wildman–Crippen MR) is 78.8 cm³/mol. The minimum atomic E-state index is -4.44. The van der Waals surface area contributed by atoms with Crippen LogP contribution in [0, 0.1) is 0 Å². The fraction of sp³-hybridized carbons (Fsp3) is 0.154. The minimum absolute atomic E-state index is 0.141. The second-order valence-corrected chi connectivity index (χ2v) is 5.91.